The van der Waals surface area contributed by atoms with Gasteiger partial charge in [-0.15, -0.1) is 17.9 Å². The molecule has 0 saturated heterocycles. The van der Waals surface area contributed by atoms with E-state index >= 15 is 0 Å². The first-order chi connectivity index (χ1) is 9.04. The smallest absolute Gasteiger partial charge is 0.332 e. The van der Waals surface area contributed by atoms with E-state index in [-0.39, 0.29) is 12.5 Å². The maximum Gasteiger partial charge on any atom is 0.332 e. The first kappa shape index (κ1) is 15.4. The van der Waals surface area contributed by atoms with E-state index < -0.39 is 12.1 Å². The molecule has 1 rings (SSSR count). The second-order valence-corrected chi connectivity index (χ2v) is 4.97. The minimum absolute atomic E-state index is 0.243. The summed E-state index contributed by atoms with van der Waals surface area (Å²) < 4.78 is 4.99. The summed E-state index contributed by atoms with van der Waals surface area (Å²) in [5.41, 5.74) is 0. The Morgan fingerprint density at radius 1 is 1.63 bits per heavy atom. The van der Waals surface area contributed by atoms with Gasteiger partial charge in [0, 0.05) is 11.4 Å². The Bertz CT molecular complexity index is 430. The quantitative estimate of drug-likeness (QED) is 0.738. The Morgan fingerprint density at radius 2 is 2.37 bits per heavy atom. The highest BCUT2D eigenvalue weighted by atomic mass is 32.1. The maximum absolute atomic E-state index is 12.0. The summed E-state index contributed by atoms with van der Waals surface area (Å²) in [5.74, 6) is -1.33. The molecule has 0 aliphatic heterocycles. The Morgan fingerprint density at radius 3 is 2.89 bits per heavy atom. The monoisotopic (exact) mass is 283 g/mol. The first-order valence-electron chi connectivity index (χ1n) is 5.80. The van der Waals surface area contributed by atoms with Crippen molar-refractivity contribution in [1.29, 1.82) is 0 Å². The highest BCUT2D eigenvalue weighted by Gasteiger charge is 2.17. The Balaban J connectivity index is 2.53. The number of carboxylic acids is 1. The molecule has 1 amide bonds. The van der Waals surface area contributed by atoms with Crippen LogP contribution in [0.2, 0.25) is 0 Å². The first-order valence-corrected chi connectivity index (χ1v) is 6.68. The van der Waals surface area contributed by atoms with Crippen molar-refractivity contribution < 1.29 is 19.4 Å². The van der Waals surface area contributed by atoms with Gasteiger partial charge in [-0.05, 0) is 18.4 Å². The summed E-state index contributed by atoms with van der Waals surface area (Å²) >= 11 is 1.56. The predicted molar refractivity (Wildman–Crippen MR) is 73.0 cm³/mol. The summed E-state index contributed by atoms with van der Waals surface area (Å²) in [4.78, 5) is 25.2. The van der Waals surface area contributed by atoms with Gasteiger partial charge in [-0.3, -0.25) is 4.79 Å². The van der Waals surface area contributed by atoms with Gasteiger partial charge in [0.25, 0.3) is 0 Å². The molecule has 1 aromatic heterocycles. The van der Waals surface area contributed by atoms with Crippen molar-refractivity contribution in [3.8, 4) is 0 Å². The minimum Gasteiger partial charge on any atom is -0.479 e. The average molecular weight is 283 g/mol. The van der Waals surface area contributed by atoms with E-state index in [9.17, 15) is 9.59 Å². The van der Waals surface area contributed by atoms with Crippen LogP contribution in [0.1, 0.15) is 11.8 Å². The highest BCUT2D eigenvalue weighted by molar-refractivity contribution is 7.09. The van der Waals surface area contributed by atoms with Gasteiger partial charge in [-0.1, -0.05) is 12.1 Å². The van der Waals surface area contributed by atoms with Crippen LogP contribution in [0.5, 0.6) is 0 Å². The lowest BCUT2D eigenvalue weighted by atomic mass is 10.3. The molecule has 1 heterocycles. The molecule has 5 nitrogen and oxygen atoms in total. The number of carbonyl (C=O) groups is 2. The molecule has 0 aliphatic carbocycles. The SMILES string of the molecule is C=CCN(Cc1cccs1)C(=O)CO[C@H](C)C(=O)O. The van der Waals surface area contributed by atoms with Crippen molar-refractivity contribution in [1.82, 2.24) is 4.90 Å². The molecule has 0 aromatic carbocycles. The van der Waals surface area contributed by atoms with E-state index in [0.717, 1.165) is 4.88 Å². The topological polar surface area (TPSA) is 66.8 Å². The van der Waals surface area contributed by atoms with E-state index in [1.807, 2.05) is 17.5 Å². The van der Waals surface area contributed by atoms with E-state index in [1.165, 1.54) is 6.92 Å². The zero-order chi connectivity index (χ0) is 14.3. The molecule has 104 valence electrons. The number of nitrogens with zero attached hydrogens (tertiary/aromatic N) is 1. The number of thiophene rings is 1. The lowest BCUT2D eigenvalue weighted by Gasteiger charge is -2.21. The zero-order valence-corrected chi connectivity index (χ0v) is 11.6. The fraction of sp³-hybridized carbons (Fsp3) is 0.385. The van der Waals surface area contributed by atoms with Crippen LogP contribution >= 0.6 is 11.3 Å². The van der Waals surface area contributed by atoms with Gasteiger partial charge in [0.1, 0.15) is 6.61 Å². The van der Waals surface area contributed by atoms with Crippen LogP contribution in [0, 0.1) is 0 Å². The molecule has 0 spiro atoms. The average Bonchev–Trinajstić information content (AvgIpc) is 2.87. The van der Waals surface area contributed by atoms with Gasteiger partial charge < -0.3 is 14.7 Å². The van der Waals surface area contributed by atoms with Crippen molar-refractivity contribution in [3.05, 3.63) is 35.0 Å². The maximum atomic E-state index is 12.0. The fourth-order valence-corrected chi connectivity index (χ4v) is 2.08. The van der Waals surface area contributed by atoms with Crippen LogP contribution < -0.4 is 0 Å². The van der Waals surface area contributed by atoms with Gasteiger partial charge in [0.15, 0.2) is 6.10 Å². The third-order valence-electron chi connectivity index (χ3n) is 2.43. The molecule has 0 bridgehead atoms. The molecule has 0 unspecified atom stereocenters. The van der Waals surface area contributed by atoms with Gasteiger partial charge in [0.2, 0.25) is 5.91 Å². The van der Waals surface area contributed by atoms with E-state index in [4.69, 9.17) is 9.84 Å². The molecule has 19 heavy (non-hydrogen) atoms. The third-order valence-corrected chi connectivity index (χ3v) is 3.29. The van der Waals surface area contributed by atoms with Crippen molar-refractivity contribution in [2.75, 3.05) is 13.2 Å². The third kappa shape index (κ3) is 5.23. The Hall–Kier alpha value is -1.66. The predicted octanol–water partition coefficient (Wildman–Crippen LogP) is 1.75. The molecule has 6 heteroatoms. The number of rotatable bonds is 8. The van der Waals surface area contributed by atoms with Gasteiger partial charge in [-0.2, -0.15) is 0 Å². The van der Waals surface area contributed by atoms with Crippen LogP contribution in [0.15, 0.2) is 30.2 Å². The lowest BCUT2D eigenvalue weighted by Crippen LogP contribution is -2.35. The molecule has 0 fully saturated rings. The normalized spacial score (nSPS) is 11.8. The van der Waals surface area contributed by atoms with E-state index in [0.29, 0.717) is 13.1 Å². The molecule has 0 saturated carbocycles. The molecule has 0 radical (unpaired) electrons. The van der Waals surface area contributed by atoms with Crippen molar-refractivity contribution in [2.45, 2.75) is 19.6 Å². The van der Waals surface area contributed by atoms with E-state index in [1.54, 1.807) is 22.3 Å². The highest BCUT2D eigenvalue weighted by Crippen LogP contribution is 2.12. The zero-order valence-electron chi connectivity index (χ0n) is 10.7. The standard InChI is InChI=1S/C13H17NO4S/c1-3-6-14(8-11-5-4-7-19-11)12(15)9-18-10(2)13(16)17/h3-5,7,10H,1,6,8-9H2,2H3,(H,16,17)/t10-/m1/s1. The largest absolute Gasteiger partial charge is 0.479 e. The van der Waals surface area contributed by atoms with Crippen LogP contribution in [0.25, 0.3) is 0 Å². The number of carbonyl (C=O) groups excluding carboxylic acids is 1. The van der Waals surface area contributed by atoms with Gasteiger partial charge in [0.05, 0.1) is 6.54 Å². The van der Waals surface area contributed by atoms with Crippen LogP contribution in [0.4, 0.5) is 0 Å². The van der Waals surface area contributed by atoms with Crippen molar-refractivity contribution >= 4 is 23.2 Å². The summed E-state index contributed by atoms with van der Waals surface area (Å²) in [5, 5.41) is 10.6. The second kappa shape index (κ2) is 7.70. The summed E-state index contributed by atoms with van der Waals surface area (Å²) in [6.45, 7) is 5.65. The van der Waals surface area contributed by atoms with Crippen LogP contribution in [0.3, 0.4) is 0 Å². The molecular formula is C13H17NO4S. The van der Waals surface area contributed by atoms with Crippen molar-refractivity contribution in [2.24, 2.45) is 0 Å². The number of aliphatic carboxylic acids is 1. The molecule has 0 aliphatic rings. The van der Waals surface area contributed by atoms with Crippen LogP contribution in [-0.2, 0) is 20.9 Å². The summed E-state index contributed by atoms with van der Waals surface area (Å²) in [7, 11) is 0. The second-order valence-electron chi connectivity index (χ2n) is 3.93. The molecule has 1 atom stereocenters. The van der Waals surface area contributed by atoms with Crippen molar-refractivity contribution in [3.63, 3.8) is 0 Å². The Labute approximate surface area is 116 Å². The number of carboxylic acid groups (broad SMARTS) is 1. The minimum atomic E-state index is -1.08. The molecular weight excluding hydrogens is 266 g/mol. The summed E-state index contributed by atoms with van der Waals surface area (Å²) in [6, 6.07) is 3.86. The lowest BCUT2D eigenvalue weighted by molar-refractivity contribution is -0.152. The molecule has 1 aromatic rings. The fourth-order valence-electron chi connectivity index (χ4n) is 1.36. The van der Waals surface area contributed by atoms with E-state index in [2.05, 4.69) is 6.58 Å². The number of hydrogen-bond acceptors (Lipinski definition) is 4. The number of amides is 1. The summed E-state index contributed by atoms with van der Waals surface area (Å²) in [6.07, 6.45) is 0.642. The molecule has 1 N–H and O–H groups in total. The van der Waals surface area contributed by atoms with Crippen LogP contribution in [-0.4, -0.2) is 41.1 Å². The number of ether oxygens (including phenoxy) is 1. The number of hydrogen-bond donors (Lipinski definition) is 1. The van der Waals surface area contributed by atoms with Gasteiger partial charge in [-0.25, -0.2) is 4.79 Å². The van der Waals surface area contributed by atoms with Gasteiger partial charge >= 0.3 is 5.97 Å². The Kier molecular flexibility index (Phi) is 6.24.